The quantitative estimate of drug-likeness (QED) is 0.292. The van der Waals surface area contributed by atoms with Crippen molar-refractivity contribution in [3.05, 3.63) is 47.3 Å². The van der Waals surface area contributed by atoms with E-state index in [4.69, 9.17) is 18.9 Å². The van der Waals surface area contributed by atoms with Gasteiger partial charge in [0, 0.05) is 30.4 Å². The van der Waals surface area contributed by atoms with Crippen LogP contribution < -0.4 is 24.8 Å². The number of methoxy groups -OCH3 is 1. The second kappa shape index (κ2) is 12.6. The van der Waals surface area contributed by atoms with E-state index < -0.39 is 0 Å². The predicted octanol–water partition coefficient (Wildman–Crippen LogP) is 4.34. The number of nitrogens with one attached hydrogen (secondary N) is 2. The zero-order chi connectivity index (χ0) is 21.3. The summed E-state index contributed by atoms with van der Waals surface area (Å²) in [5.41, 5.74) is 2.34. The summed E-state index contributed by atoms with van der Waals surface area (Å²) in [6.07, 6.45) is 0.545. The number of hydrogen-bond acceptors (Lipinski definition) is 5. The molecule has 1 aliphatic rings. The topological polar surface area (TPSA) is 73.3 Å². The molecular formula is C22H29FIN3O4. The van der Waals surface area contributed by atoms with Crippen LogP contribution in [0.5, 0.6) is 17.2 Å². The summed E-state index contributed by atoms with van der Waals surface area (Å²) in [4.78, 5) is 4.61. The van der Waals surface area contributed by atoms with Gasteiger partial charge in [0.05, 0.1) is 20.3 Å². The van der Waals surface area contributed by atoms with E-state index in [1.807, 2.05) is 32.0 Å². The van der Waals surface area contributed by atoms with Crippen LogP contribution in [0.15, 0.2) is 35.3 Å². The van der Waals surface area contributed by atoms with E-state index in [1.54, 1.807) is 7.11 Å². The zero-order valence-electron chi connectivity index (χ0n) is 18.0. The highest BCUT2D eigenvalue weighted by Gasteiger charge is 2.16. The Hall–Kier alpha value is -2.27. The highest BCUT2D eigenvalue weighted by atomic mass is 127. The van der Waals surface area contributed by atoms with Gasteiger partial charge in [-0.25, -0.2) is 4.39 Å². The van der Waals surface area contributed by atoms with Crippen LogP contribution in [0.4, 0.5) is 10.1 Å². The molecule has 7 nitrogen and oxygen atoms in total. The van der Waals surface area contributed by atoms with Crippen molar-refractivity contribution >= 4 is 35.6 Å². The molecule has 0 bridgehead atoms. The molecule has 0 aromatic heterocycles. The summed E-state index contributed by atoms with van der Waals surface area (Å²) in [5.74, 6) is 2.36. The molecule has 2 N–H and O–H groups in total. The molecule has 0 amide bonds. The monoisotopic (exact) mass is 545 g/mol. The van der Waals surface area contributed by atoms with Gasteiger partial charge in [0.25, 0.3) is 0 Å². The first-order chi connectivity index (χ1) is 14.6. The summed E-state index contributed by atoms with van der Waals surface area (Å²) >= 11 is 0. The van der Waals surface area contributed by atoms with Crippen LogP contribution in [0.1, 0.15) is 25.0 Å². The van der Waals surface area contributed by atoms with Crippen molar-refractivity contribution in [2.75, 3.05) is 38.9 Å². The molecule has 0 fully saturated rings. The summed E-state index contributed by atoms with van der Waals surface area (Å²) in [5, 5.41) is 6.48. The third kappa shape index (κ3) is 6.86. The lowest BCUT2D eigenvalue weighted by atomic mass is 10.1. The van der Waals surface area contributed by atoms with Crippen LogP contribution in [-0.4, -0.2) is 39.6 Å². The maximum atomic E-state index is 13.9. The lowest BCUT2D eigenvalue weighted by Crippen LogP contribution is -2.31. The van der Waals surface area contributed by atoms with Gasteiger partial charge in [-0.2, -0.15) is 0 Å². The van der Waals surface area contributed by atoms with Crippen molar-refractivity contribution in [2.24, 2.45) is 4.99 Å². The van der Waals surface area contributed by atoms with E-state index >= 15 is 0 Å². The minimum atomic E-state index is -0.298. The van der Waals surface area contributed by atoms with Crippen LogP contribution in [-0.2, 0) is 17.8 Å². The highest BCUT2D eigenvalue weighted by molar-refractivity contribution is 14.0. The van der Waals surface area contributed by atoms with E-state index in [0.717, 1.165) is 16.8 Å². The summed E-state index contributed by atoms with van der Waals surface area (Å²) in [6.45, 7) is 6.16. The smallest absolute Gasteiger partial charge is 0.195 e. The van der Waals surface area contributed by atoms with Crippen molar-refractivity contribution in [3.8, 4) is 17.2 Å². The first-order valence-electron chi connectivity index (χ1n) is 10.0. The predicted molar refractivity (Wildman–Crippen MR) is 130 cm³/mol. The number of ether oxygens (including phenoxy) is 4. The minimum absolute atomic E-state index is 0. The Bertz CT molecular complexity index is 895. The third-order valence-electron chi connectivity index (χ3n) is 4.47. The Morgan fingerprint density at radius 3 is 2.77 bits per heavy atom. The Morgan fingerprint density at radius 2 is 2.03 bits per heavy atom. The Kier molecular flexibility index (Phi) is 10.1. The van der Waals surface area contributed by atoms with Gasteiger partial charge in [0.1, 0.15) is 11.6 Å². The Labute approximate surface area is 199 Å². The second-order valence-electron chi connectivity index (χ2n) is 6.60. The number of hydrogen-bond donors (Lipinski definition) is 2. The summed E-state index contributed by atoms with van der Waals surface area (Å²) in [6, 6.07) is 8.55. The van der Waals surface area contributed by atoms with Gasteiger partial charge in [-0.15, -0.1) is 24.0 Å². The van der Waals surface area contributed by atoms with Gasteiger partial charge in [0.15, 0.2) is 24.3 Å². The number of nitrogens with zero attached hydrogens (tertiary/aromatic N) is 1. The highest BCUT2D eigenvalue weighted by Crippen LogP contribution is 2.31. The maximum absolute atomic E-state index is 13.9. The van der Waals surface area contributed by atoms with E-state index in [-0.39, 0.29) is 36.6 Å². The van der Waals surface area contributed by atoms with Gasteiger partial charge in [-0.1, -0.05) is 0 Å². The van der Waals surface area contributed by atoms with Gasteiger partial charge in [-0.05, 0) is 50.1 Å². The van der Waals surface area contributed by atoms with Crippen LogP contribution in [0.2, 0.25) is 0 Å². The molecule has 0 atom stereocenters. The number of guanidine groups is 1. The second-order valence-corrected chi connectivity index (χ2v) is 6.60. The molecule has 0 saturated heterocycles. The molecule has 3 rings (SSSR count). The fourth-order valence-electron chi connectivity index (χ4n) is 3.20. The Morgan fingerprint density at radius 1 is 1.19 bits per heavy atom. The molecule has 0 spiro atoms. The maximum Gasteiger partial charge on any atom is 0.195 e. The largest absolute Gasteiger partial charge is 0.493 e. The number of benzene rings is 2. The van der Waals surface area contributed by atoms with Crippen molar-refractivity contribution in [1.82, 2.24) is 5.32 Å². The number of anilines is 1. The van der Waals surface area contributed by atoms with Crippen LogP contribution in [0.25, 0.3) is 0 Å². The number of fused-ring (bicyclic) bond motifs is 1. The molecule has 0 unspecified atom stereocenters. The zero-order valence-corrected chi connectivity index (χ0v) is 20.3. The van der Waals surface area contributed by atoms with Crippen molar-refractivity contribution in [2.45, 2.75) is 26.9 Å². The van der Waals surface area contributed by atoms with Crippen molar-refractivity contribution < 1.29 is 23.3 Å². The minimum Gasteiger partial charge on any atom is -0.493 e. The number of aliphatic imine (C=N–C) groups is 1. The lowest BCUT2D eigenvalue weighted by Gasteiger charge is -2.20. The van der Waals surface area contributed by atoms with E-state index in [2.05, 4.69) is 15.6 Å². The molecule has 0 saturated carbocycles. The standard InChI is InChI=1S/C22H28FN3O4.HI/c1-4-24-22(26-18-6-7-19(27-3)20(12-18)29-5-2)25-9-8-15-10-17(23)11-16-13-28-14-30-21(15)16;/h6-7,10-12H,4-5,8-9,13-14H2,1-3H3,(H2,24,25,26);1H. The molecule has 1 heterocycles. The van der Waals surface area contributed by atoms with Crippen LogP contribution >= 0.6 is 24.0 Å². The lowest BCUT2D eigenvalue weighted by molar-refractivity contribution is -0.0172. The molecule has 1 aliphatic heterocycles. The van der Waals surface area contributed by atoms with Gasteiger partial charge in [0.2, 0.25) is 0 Å². The van der Waals surface area contributed by atoms with E-state index in [0.29, 0.717) is 55.9 Å². The van der Waals surface area contributed by atoms with Crippen molar-refractivity contribution in [1.29, 1.82) is 0 Å². The van der Waals surface area contributed by atoms with Gasteiger partial charge < -0.3 is 29.6 Å². The Balaban J connectivity index is 0.00000341. The molecule has 31 heavy (non-hydrogen) atoms. The van der Waals surface area contributed by atoms with Gasteiger partial charge in [-0.3, -0.25) is 4.99 Å². The third-order valence-corrected chi connectivity index (χ3v) is 4.47. The average Bonchev–Trinajstić information content (AvgIpc) is 2.74. The molecule has 2 aromatic carbocycles. The van der Waals surface area contributed by atoms with E-state index in [9.17, 15) is 4.39 Å². The fourth-order valence-corrected chi connectivity index (χ4v) is 3.20. The van der Waals surface area contributed by atoms with Gasteiger partial charge >= 0.3 is 0 Å². The first kappa shape index (κ1) is 25.0. The summed E-state index contributed by atoms with van der Waals surface area (Å²) < 4.78 is 35.7. The molecule has 9 heteroatoms. The van der Waals surface area contributed by atoms with Crippen molar-refractivity contribution in [3.63, 3.8) is 0 Å². The molecule has 0 radical (unpaired) electrons. The van der Waals surface area contributed by atoms with Crippen LogP contribution in [0.3, 0.4) is 0 Å². The van der Waals surface area contributed by atoms with Crippen LogP contribution in [0, 0.1) is 5.82 Å². The summed E-state index contributed by atoms with van der Waals surface area (Å²) in [7, 11) is 1.61. The molecule has 170 valence electrons. The fraction of sp³-hybridized carbons (Fsp3) is 0.409. The number of halogens is 2. The SMILES string of the molecule is CCNC(=NCCc1cc(F)cc2c1OCOC2)Nc1ccc(OC)c(OCC)c1.I. The molecule has 2 aromatic rings. The first-order valence-corrected chi connectivity index (χ1v) is 10.0. The normalized spacial score (nSPS) is 12.8. The average molecular weight is 545 g/mol. The molecule has 0 aliphatic carbocycles. The van der Waals surface area contributed by atoms with E-state index in [1.165, 1.54) is 12.1 Å². The number of rotatable bonds is 8. The molecular weight excluding hydrogens is 516 g/mol.